The van der Waals surface area contributed by atoms with Gasteiger partial charge in [0.05, 0.1) is 0 Å². The maximum absolute atomic E-state index is 9.97. The summed E-state index contributed by atoms with van der Waals surface area (Å²) in [6.45, 7) is 22.2. The summed E-state index contributed by atoms with van der Waals surface area (Å²) in [6, 6.07) is 20.5. The number of nitrogens with zero attached hydrogens (tertiary/aromatic N) is 1. The quantitative estimate of drug-likeness (QED) is 0.263. The van der Waals surface area contributed by atoms with Gasteiger partial charge in [0.2, 0.25) is 0 Å². The first-order valence-corrected chi connectivity index (χ1v) is 15.8. The van der Waals surface area contributed by atoms with E-state index in [1.165, 1.54) is 83.1 Å². The van der Waals surface area contributed by atoms with Gasteiger partial charge < -0.3 is 10.1 Å². The number of rotatable bonds is 4. The van der Waals surface area contributed by atoms with Crippen LogP contribution in [-0.2, 0) is 17.8 Å². The zero-order chi connectivity index (χ0) is 29.1. The van der Waals surface area contributed by atoms with Crippen molar-refractivity contribution >= 4 is 30.3 Å². The Morgan fingerprint density at radius 3 is 1.38 bits per heavy atom. The van der Waals surface area contributed by atoms with Crippen LogP contribution >= 0.6 is 24.0 Å². The van der Waals surface area contributed by atoms with Crippen LogP contribution in [-0.4, -0.2) is 37.4 Å². The van der Waals surface area contributed by atoms with Crippen LogP contribution in [0.5, 0.6) is 0 Å². The van der Waals surface area contributed by atoms with E-state index in [0.717, 1.165) is 18.4 Å². The maximum atomic E-state index is 9.97. The molecular formula is C35H65IN2O. The van der Waals surface area contributed by atoms with Gasteiger partial charge >= 0.3 is 0 Å². The SMILES string of the molecule is C1CCCNCC1.CC.CC.CC.CC.I.O=CCc1ccccc1.c1ccc(CN2CCCCCC2)cc1. The lowest BCUT2D eigenvalue weighted by atomic mass is 10.2. The monoisotopic (exact) mass is 656 g/mol. The molecule has 2 saturated heterocycles. The Hall–Kier alpha value is -1.24. The molecule has 0 aromatic heterocycles. The number of aldehydes is 1. The molecule has 0 saturated carbocycles. The highest BCUT2D eigenvalue weighted by atomic mass is 127. The van der Waals surface area contributed by atoms with E-state index in [1.54, 1.807) is 0 Å². The summed E-state index contributed by atoms with van der Waals surface area (Å²) in [5, 5.41) is 3.35. The zero-order valence-corrected chi connectivity index (χ0v) is 29.3. The molecule has 0 aliphatic carbocycles. The van der Waals surface area contributed by atoms with Gasteiger partial charge in [0.1, 0.15) is 6.29 Å². The Morgan fingerprint density at radius 2 is 0.974 bits per heavy atom. The van der Waals surface area contributed by atoms with Crippen LogP contribution in [0.1, 0.15) is 118 Å². The summed E-state index contributed by atoms with van der Waals surface area (Å²) < 4.78 is 0. The third kappa shape index (κ3) is 31.2. The van der Waals surface area contributed by atoms with Gasteiger partial charge in [0.15, 0.2) is 0 Å². The van der Waals surface area contributed by atoms with E-state index in [2.05, 4.69) is 40.5 Å². The van der Waals surface area contributed by atoms with Crippen LogP contribution in [0.15, 0.2) is 60.7 Å². The van der Waals surface area contributed by atoms with Crippen molar-refractivity contribution < 1.29 is 4.79 Å². The number of halogens is 1. The number of hydrogen-bond donors (Lipinski definition) is 1. The molecule has 4 rings (SSSR count). The average Bonchev–Trinajstić information content (AvgIpc) is 3.48. The van der Waals surface area contributed by atoms with Gasteiger partial charge in [-0.1, -0.05) is 142 Å². The standard InChI is InChI=1S/C13H19N.C8H8O.C6H13N.4C2H6.HI/c1-2-7-11-14(10-6-1)12-13-8-4-3-5-9-13;9-7-6-8-4-2-1-3-5-8;1-2-4-6-7-5-3-1;4*1-2;/h3-5,8-9H,1-2,6-7,10-12H2;1-5,7H,6H2;7H,1-6H2;4*1-2H3;1H. The third-order valence-corrected chi connectivity index (χ3v) is 5.57. The van der Waals surface area contributed by atoms with E-state index in [4.69, 9.17) is 0 Å². The lowest BCUT2D eigenvalue weighted by Crippen LogP contribution is -2.23. The van der Waals surface area contributed by atoms with E-state index < -0.39 is 0 Å². The van der Waals surface area contributed by atoms with Crippen molar-refractivity contribution in [2.24, 2.45) is 0 Å². The Bertz CT molecular complexity index is 625. The van der Waals surface area contributed by atoms with Crippen molar-refractivity contribution in [1.82, 2.24) is 10.2 Å². The minimum Gasteiger partial charge on any atom is -0.317 e. The van der Waals surface area contributed by atoms with Crippen LogP contribution in [0.2, 0.25) is 0 Å². The van der Waals surface area contributed by atoms with Crippen molar-refractivity contribution in [2.75, 3.05) is 26.2 Å². The van der Waals surface area contributed by atoms with E-state index in [-0.39, 0.29) is 24.0 Å². The molecule has 39 heavy (non-hydrogen) atoms. The second-order valence-corrected chi connectivity index (χ2v) is 8.20. The predicted molar refractivity (Wildman–Crippen MR) is 189 cm³/mol. The zero-order valence-electron chi connectivity index (χ0n) is 27.0. The van der Waals surface area contributed by atoms with Crippen LogP contribution in [0, 0.1) is 0 Å². The van der Waals surface area contributed by atoms with Gasteiger partial charge in [0.25, 0.3) is 0 Å². The normalized spacial score (nSPS) is 13.8. The fraction of sp³-hybridized carbons (Fsp3) is 0.629. The molecule has 0 unspecified atom stereocenters. The van der Waals surface area contributed by atoms with Gasteiger partial charge in [-0.15, -0.1) is 24.0 Å². The Balaban J connectivity index is -0.000000215. The molecule has 2 aromatic rings. The summed E-state index contributed by atoms with van der Waals surface area (Å²) in [5.41, 5.74) is 2.53. The second-order valence-electron chi connectivity index (χ2n) is 8.20. The first-order chi connectivity index (χ1) is 18.9. The highest BCUT2D eigenvalue weighted by Gasteiger charge is 2.08. The van der Waals surface area contributed by atoms with Crippen molar-refractivity contribution in [3.63, 3.8) is 0 Å². The van der Waals surface area contributed by atoms with E-state index in [1.807, 2.05) is 85.7 Å². The van der Waals surface area contributed by atoms with Gasteiger partial charge in [-0.3, -0.25) is 4.90 Å². The van der Waals surface area contributed by atoms with Crippen molar-refractivity contribution in [3.8, 4) is 0 Å². The fourth-order valence-electron chi connectivity index (χ4n) is 3.82. The summed E-state index contributed by atoms with van der Waals surface area (Å²) in [6.07, 6.45) is 12.7. The third-order valence-electron chi connectivity index (χ3n) is 5.57. The highest BCUT2D eigenvalue weighted by Crippen LogP contribution is 2.12. The molecule has 0 atom stereocenters. The molecule has 1 N–H and O–H groups in total. The van der Waals surface area contributed by atoms with Gasteiger partial charge in [-0.05, 0) is 63.0 Å². The molecule has 228 valence electrons. The lowest BCUT2D eigenvalue weighted by Gasteiger charge is -2.19. The number of carbonyl (C=O) groups is 1. The van der Waals surface area contributed by atoms with Gasteiger partial charge in [-0.25, -0.2) is 0 Å². The summed E-state index contributed by atoms with van der Waals surface area (Å²) >= 11 is 0. The Kier molecular flexibility index (Phi) is 47.3. The van der Waals surface area contributed by atoms with Crippen molar-refractivity contribution in [1.29, 1.82) is 0 Å². The van der Waals surface area contributed by atoms with Gasteiger partial charge in [-0.2, -0.15) is 0 Å². The molecule has 3 nitrogen and oxygen atoms in total. The average molecular weight is 657 g/mol. The molecule has 0 spiro atoms. The summed E-state index contributed by atoms with van der Waals surface area (Å²) in [4.78, 5) is 12.6. The second kappa shape index (κ2) is 41.2. The fourth-order valence-corrected chi connectivity index (χ4v) is 3.82. The summed E-state index contributed by atoms with van der Waals surface area (Å²) in [7, 11) is 0. The van der Waals surface area contributed by atoms with Crippen LogP contribution in [0.25, 0.3) is 0 Å². The lowest BCUT2D eigenvalue weighted by molar-refractivity contribution is -0.107. The number of nitrogens with one attached hydrogen (secondary N) is 1. The highest BCUT2D eigenvalue weighted by molar-refractivity contribution is 14.0. The minimum absolute atomic E-state index is 0. The predicted octanol–water partition coefficient (Wildman–Crippen LogP) is 10.4. The van der Waals surface area contributed by atoms with Crippen molar-refractivity contribution in [2.45, 2.75) is 120 Å². The number of likely N-dealkylation sites (tertiary alicyclic amines) is 1. The summed E-state index contributed by atoms with van der Waals surface area (Å²) in [5.74, 6) is 0. The molecule has 0 radical (unpaired) electrons. The van der Waals surface area contributed by atoms with Crippen LogP contribution < -0.4 is 5.32 Å². The molecule has 2 fully saturated rings. The number of benzene rings is 2. The molecule has 2 heterocycles. The molecule has 4 heteroatoms. The first-order valence-electron chi connectivity index (χ1n) is 15.8. The maximum Gasteiger partial charge on any atom is 0.124 e. The van der Waals surface area contributed by atoms with Crippen molar-refractivity contribution in [3.05, 3.63) is 71.8 Å². The molecular weight excluding hydrogens is 591 g/mol. The molecule has 2 aliphatic rings. The van der Waals surface area contributed by atoms with Gasteiger partial charge in [0, 0.05) is 13.0 Å². The van der Waals surface area contributed by atoms with Crippen LogP contribution in [0.3, 0.4) is 0 Å². The molecule has 2 aromatic carbocycles. The Labute approximate surface area is 262 Å². The largest absolute Gasteiger partial charge is 0.317 e. The van der Waals surface area contributed by atoms with E-state index in [9.17, 15) is 4.79 Å². The molecule has 0 amide bonds. The first kappa shape index (κ1) is 44.8. The van der Waals surface area contributed by atoms with E-state index in [0.29, 0.717) is 6.42 Å². The topological polar surface area (TPSA) is 32.3 Å². The minimum atomic E-state index is 0. The molecule has 2 aliphatic heterocycles. The van der Waals surface area contributed by atoms with Crippen LogP contribution in [0.4, 0.5) is 0 Å². The Morgan fingerprint density at radius 1 is 0.590 bits per heavy atom. The molecule has 0 bridgehead atoms. The number of hydrogen-bond acceptors (Lipinski definition) is 3. The smallest absolute Gasteiger partial charge is 0.124 e. The van der Waals surface area contributed by atoms with E-state index >= 15 is 0 Å². The number of carbonyl (C=O) groups excluding carboxylic acids is 1.